The second-order valence-electron chi connectivity index (χ2n) is 5.26. The molecule has 1 heteroatoms. The average Bonchev–Trinajstić information content (AvgIpc) is 2.56. The molecule has 0 aromatic heterocycles. The summed E-state index contributed by atoms with van der Waals surface area (Å²) in [6.45, 7) is 6.16. The predicted molar refractivity (Wildman–Crippen MR) is 97.2 cm³/mol. The minimum atomic E-state index is 0.802. The van der Waals surface area contributed by atoms with E-state index in [2.05, 4.69) is 43.3 Å². The molecule has 0 aliphatic carbocycles. The van der Waals surface area contributed by atoms with Gasteiger partial charge in [0.1, 0.15) is 0 Å². The summed E-state index contributed by atoms with van der Waals surface area (Å²) in [4.78, 5) is 0. The van der Waals surface area contributed by atoms with Crippen molar-refractivity contribution in [3.8, 4) is 0 Å². The molecule has 112 valence electrons. The van der Waals surface area contributed by atoms with Gasteiger partial charge in [0.25, 0.3) is 0 Å². The molecule has 2 N–H and O–H groups in total. The maximum absolute atomic E-state index is 6.52. The number of hydrogen-bond donors (Lipinski definition) is 1. The fraction of sp³-hybridized carbons (Fsp3) is 0.143. The fourth-order valence-electron chi connectivity index (χ4n) is 2.46. The van der Waals surface area contributed by atoms with Crippen LogP contribution in [0.5, 0.6) is 0 Å². The molecule has 0 radical (unpaired) electrons. The lowest BCUT2D eigenvalue weighted by Gasteiger charge is -2.15. The summed E-state index contributed by atoms with van der Waals surface area (Å²) in [5.41, 5.74) is 13.0. The SMILES string of the molecule is C\C=C/C(=C\C)C(=C(\N)c1ccccc1)/c1ccc(C)cc1. The van der Waals surface area contributed by atoms with Crippen LogP contribution in [0.15, 0.2) is 78.4 Å². The lowest BCUT2D eigenvalue weighted by molar-refractivity contribution is 1.43. The summed E-state index contributed by atoms with van der Waals surface area (Å²) < 4.78 is 0. The number of rotatable bonds is 4. The van der Waals surface area contributed by atoms with Crippen LogP contribution in [0.1, 0.15) is 30.5 Å². The van der Waals surface area contributed by atoms with Gasteiger partial charge in [0.15, 0.2) is 0 Å². The Hall–Kier alpha value is -2.54. The molecule has 0 spiro atoms. The van der Waals surface area contributed by atoms with Gasteiger partial charge in [0.05, 0.1) is 0 Å². The molecule has 0 heterocycles. The monoisotopic (exact) mass is 289 g/mol. The maximum Gasteiger partial charge on any atom is 0.0473 e. The Morgan fingerprint density at radius 2 is 1.50 bits per heavy atom. The first-order valence-corrected chi connectivity index (χ1v) is 7.59. The van der Waals surface area contributed by atoms with E-state index in [1.54, 1.807) is 0 Å². The van der Waals surface area contributed by atoms with Gasteiger partial charge in [-0.2, -0.15) is 0 Å². The predicted octanol–water partition coefficient (Wildman–Crippen LogP) is 5.34. The Kier molecular flexibility index (Phi) is 5.37. The molecule has 0 amide bonds. The highest BCUT2D eigenvalue weighted by molar-refractivity contribution is 5.98. The largest absolute Gasteiger partial charge is 0.398 e. The Bertz CT molecular complexity index is 701. The molecule has 0 saturated carbocycles. The third kappa shape index (κ3) is 3.56. The van der Waals surface area contributed by atoms with Gasteiger partial charge in [0.2, 0.25) is 0 Å². The highest BCUT2D eigenvalue weighted by Crippen LogP contribution is 2.30. The topological polar surface area (TPSA) is 26.0 Å². The van der Waals surface area contributed by atoms with E-state index in [4.69, 9.17) is 5.73 Å². The zero-order valence-electron chi connectivity index (χ0n) is 13.5. The van der Waals surface area contributed by atoms with Crippen LogP contribution < -0.4 is 5.73 Å². The van der Waals surface area contributed by atoms with Crippen LogP contribution in [0, 0.1) is 6.92 Å². The maximum atomic E-state index is 6.52. The molecule has 0 aliphatic heterocycles. The van der Waals surface area contributed by atoms with Crippen molar-refractivity contribution < 1.29 is 0 Å². The molecular weight excluding hydrogens is 266 g/mol. The molecule has 0 atom stereocenters. The smallest absolute Gasteiger partial charge is 0.0473 e. The number of hydrogen-bond acceptors (Lipinski definition) is 1. The van der Waals surface area contributed by atoms with Crippen molar-refractivity contribution in [3.63, 3.8) is 0 Å². The second kappa shape index (κ2) is 7.46. The van der Waals surface area contributed by atoms with Gasteiger partial charge in [-0.1, -0.05) is 78.4 Å². The fourth-order valence-corrected chi connectivity index (χ4v) is 2.46. The zero-order valence-corrected chi connectivity index (χ0v) is 13.5. The van der Waals surface area contributed by atoms with E-state index in [0.717, 1.165) is 28.0 Å². The van der Waals surface area contributed by atoms with Gasteiger partial charge in [-0.05, 0) is 37.5 Å². The highest BCUT2D eigenvalue weighted by Gasteiger charge is 2.11. The summed E-state index contributed by atoms with van der Waals surface area (Å²) in [7, 11) is 0. The van der Waals surface area contributed by atoms with Crippen molar-refractivity contribution in [2.24, 2.45) is 5.73 Å². The molecule has 2 aromatic rings. The minimum absolute atomic E-state index is 0.802. The first-order chi connectivity index (χ1) is 10.7. The highest BCUT2D eigenvalue weighted by atomic mass is 14.6. The third-order valence-electron chi connectivity index (χ3n) is 3.64. The standard InChI is InChI=1S/C21H23N/c1-4-9-17(5-2)20(18-14-12-16(3)13-15-18)21(22)19-10-7-6-8-11-19/h4-15H,22H2,1-3H3/b9-4-,17-5+,21-20+. The number of benzene rings is 2. The lowest BCUT2D eigenvalue weighted by atomic mass is 9.92. The molecule has 22 heavy (non-hydrogen) atoms. The molecule has 2 aromatic carbocycles. The Labute approximate surface area is 133 Å². The first-order valence-electron chi connectivity index (χ1n) is 7.59. The van der Waals surface area contributed by atoms with E-state index in [0.29, 0.717) is 0 Å². The van der Waals surface area contributed by atoms with Gasteiger partial charge in [0, 0.05) is 11.3 Å². The summed E-state index contributed by atoms with van der Waals surface area (Å²) >= 11 is 0. The Morgan fingerprint density at radius 1 is 0.864 bits per heavy atom. The minimum Gasteiger partial charge on any atom is -0.398 e. The molecule has 0 bridgehead atoms. The van der Waals surface area contributed by atoms with Gasteiger partial charge < -0.3 is 5.73 Å². The number of nitrogens with two attached hydrogens (primary N) is 1. The molecule has 0 aliphatic rings. The van der Waals surface area contributed by atoms with Gasteiger partial charge >= 0.3 is 0 Å². The van der Waals surface area contributed by atoms with Crippen LogP contribution in [0.3, 0.4) is 0 Å². The van der Waals surface area contributed by atoms with Crippen molar-refractivity contribution in [1.29, 1.82) is 0 Å². The van der Waals surface area contributed by atoms with E-state index < -0.39 is 0 Å². The van der Waals surface area contributed by atoms with Crippen LogP contribution >= 0.6 is 0 Å². The summed E-state index contributed by atoms with van der Waals surface area (Å²) in [6.07, 6.45) is 6.25. The van der Waals surface area contributed by atoms with Crippen LogP contribution in [0.2, 0.25) is 0 Å². The summed E-state index contributed by atoms with van der Waals surface area (Å²) in [5.74, 6) is 0. The van der Waals surface area contributed by atoms with E-state index in [9.17, 15) is 0 Å². The van der Waals surface area contributed by atoms with Crippen LogP contribution in [-0.4, -0.2) is 0 Å². The second-order valence-corrected chi connectivity index (χ2v) is 5.26. The van der Waals surface area contributed by atoms with Crippen LogP contribution in [0.25, 0.3) is 11.3 Å². The molecular formula is C21H23N. The number of aryl methyl sites for hydroxylation is 1. The van der Waals surface area contributed by atoms with E-state index in [1.807, 2.05) is 50.3 Å². The Morgan fingerprint density at radius 3 is 2.05 bits per heavy atom. The van der Waals surface area contributed by atoms with E-state index in [-0.39, 0.29) is 0 Å². The normalized spacial score (nSPS) is 13.3. The van der Waals surface area contributed by atoms with E-state index >= 15 is 0 Å². The average molecular weight is 289 g/mol. The Balaban J connectivity index is 2.67. The molecule has 0 fully saturated rings. The van der Waals surface area contributed by atoms with Crippen molar-refractivity contribution >= 4 is 11.3 Å². The van der Waals surface area contributed by atoms with Gasteiger partial charge in [-0.25, -0.2) is 0 Å². The van der Waals surface area contributed by atoms with Crippen LogP contribution in [-0.2, 0) is 0 Å². The molecule has 2 rings (SSSR count). The summed E-state index contributed by atoms with van der Waals surface area (Å²) in [6, 6.07) is 18.6. The van der Waals surface area contributed by atoms with Gasteiger partial charge in [-0.15, -0.1) is 0 Å². The molecule has 0 saturated heterocycles. The molecule has 1 nitrogen and oxygen atoms in total. The van der Waals surface area contributed by atoms with Gasteiger partial charge in [-0.3, -0.25) is 0 Å². The van der Waals surface area contributed by atoms with Crippen LogP contribution in [0.4, 0.5) is 0 Å². The quantitative estimate of drug-likeness (QED) is 0.596. The zero-order chi connectivity index (χ0) is 15.9. The first kappa shape index (κ1) is 15.8. The van der Waals surface area contributed by atoms with Crippen molar-refractivity contribution in [1.82, 2.24) is 0 Å². The van der Waals surface area contributed by atoms with Crippen molar-refractivity contribution in [2.75, 3.05) is 0 Å². The van der Waals surface area contributed by atoms with E-state index in [1.165, 1.54) is 5.56 Å². The number of allylic oxidation sites excluding steroid dienone is 5. The third-order valence-corrected chi connectivity index (χ3v) is 3.64. The van der Waals surface area contributed by atoms with Crippen molar-refractivity contribution in [3.05, 3.63) is 95.1 Å². The van der Waals surface area contributed by atoms with Crippen molar-refractivity contribution in [2.45, 2.75) is 20.8 Å². The lowest BCUT2D eigenvalue weighted by Crippen LogP contribution is -2.03. The molecule has 0 unspecified atom stereocenters. The summed E-state index contributed by atoms with van der Waals surface area (Å²) in [5, 5.41) is 0.